The Balaban J connectivity index is 1.65. The van der Waals surface area contributed by atoms with E-state index in [0.29, 0.717) is 26.1 Å². The Kier molecular flexibility index (Phi) is 7.47. The fourth-order valence-corrected chi connectivity index (χ4v) is 6.40. The van der Waals surface area contributed by atoms with Crippen LogP contribution in [-0.2, 0) is 19.6 Å². The number of anilines is 1. The number of benzene rings is 1. The number of para-hydroxylation sites is 1. The van der Waals surface area contributed by atoms with Crippen LogP contribution in [0.25, 0.3) is 0 Å². The van der Waals surface area contributed by atoms with Crippen molar-refractivity contribution >= 4 is 38.9 Å². The fraction of sp³-hybridized carbons (Fsp3) is 0.429. The zero-order valence-corrected chi connectivity index (χ0v) is 19.5. The number of hydrogen-bond acceptors (Lipinski definition) is 7. The minimum atomic E-state index is -3.82. The molecule has 1 aromatic heterocycles. The van der Waals surface area contributed by atoms with Gasteiger partial charge in [0, 0.05) is 25.3 Å². The third-order valence-electron chi connectivity index (χ3n) is 5.28. The molecule has 31 heavy (non-hydrogen) atoms. The average molecular weight is 466 g/mol. The molecule has 0 unspecified atom stereocenters. The molecule has 1 N–H and O–H groups in total. The number of nitrogens with zero attached hydrogens (tertiary/aromatic N) is 2. The summed E-state index contributed by atoms with van der Waals surface area (Å²) in [6, 6.07) is 7.28. The SMILES string of the molecule is COC(=O)c1sccc1S(=O)(=O)N1CCCN(CC(=O)Nc2c(C)cccc2C)CC1. The van der Waals surface area contributed by atoms with Crippen LogP contribution in [0.4, 0.5) is 5.69 Å². The van der Waals surface area contributed by atoms with Crippen LogP contribution in [0.15, 0.2) is 34.5 Å². The quantitative estimate of drug-likeness (QED) is 0.659. The van der Waals surface area contributed by atoms with Gasteiger partial charge in [-0.3, -0.25) is 9.69 Å². The van der Waals surface area contributed by atoms with Gasteiger partial charge in [-0.2, -0.15) is 4.31 Å². The highest BCUT2D eigenvalue weighted by atomic mass is 32.2. The molecule has 1 aliphatic heterocycles. The average Bonchev–Trinajstić information content (AvgIpc) is 3.12. The van der Waals surface area contributed by atoms with Crippen LogP contribution in [0, 0.1) is 13.8 Å². The highest BCUT2D eigenvalue weighted by Crippen LogP contribution is 2.27. The predicted octanol–water partition coefficient (Wildman–Crippen LogP) is 2.49. The lowest BCUT2D eigenvalue weighted by Gasteiger charge is -2.22. The van der Waals surface area contributed by atoms with Crippen molar-refractivity contribution in [2.24, 2.45) is 0 Å². The summed E-state index contributed by atoms with van der Waals surface area (Å²) in [5, 5.41) is 4.54. The maximum Gasteiger partial charge on any atom is 0.349 e. The van der Waals surface area contributed by atoms with E-state index in [2.05, 4.69) is 5.32 Å². The first kappa shape index (κ1) is 23.4. The van der Waals surface area contributed by atoms with E-state index in [-0.39, 0.29) is 28.8 Å². The second-order valence-corrected chi connectivity index (χ2v) is 10.3. The summed E-state index contributed by atoms with van der Waals surface area (Å²) in [7, 11) is -2.60. The molecule has 0 bridgehead atoms. The van der Waals surface area contributed by atoms with Crippen molar-refractivity contribution in [1.29, 1.82) is 0 Å². The number of ether oxygens (including phenoxy) is 1. The maximum atomic E-state index is 13.1. The largest absolute Gasteiger partial charge is 0.465 e. The highest BCUT2D eigenvalue weighted by Gasteiger charge is 2.32. The fourth-order valence-electron chi connectivity index (χ4n) is 3.62. The number of nitrogens with one attached hydrogen (secondary N) is 1. The second-order valence-electron chi connectivity index (χ2n) is 7.45. The summed E-state index contributed by atoms with van der Waals surface area (Å²) in [4.78, 5) is 26.5. The molecule has 8 nitrogen and oxygen atoms in total. The minimum Gasteiger partial charge on any atom is -0.465 e. The van der Waals surface area contributed by atoms with Crippen molar-refractivity contribution in [3.05, 3.63) is 45.6 Å². The summed E-state index contributed by atoms with van der Waals surface area (Å²) in [5.41, 5.74) is 2.82. The van der Waals surface area contributed by atoms with E-state index in [1.807, 2.05) is 36.9 Å². The summed E-state index contributed by atoms with van der Waals surface area (Å²) in [6.07, 6.45) is 0.591. The molecular formula is C21H27N3O5S2. The normalized spacial score (nSPS) is 16.0. The van der Waals surface area contributed by atoms with E-state index >= 15 is 0 Å². The summed E-state index contributed by atoms with van der Waals surface area (Å²) in [5.74, 6) is -0.785. The molecule has 3 rings (SSSR count). The van der Waals surface area contributed by atoms with E-state index in [0.717, 1.165) is 28.2 Å². The van der Waals surface area contributed by atoms with Crippen LogP contribution >= 0.6 is 11.3 Å². The van der Waals surface area contributed by atoms with Crippen LogP contribution in [0.1, 0.15) is 27.2 Å². The third-order valence-corrected chi connectivity index (χ3v) is 8.24. The number of carbonyl (C=O) groups is 2. The van der Waals surface area contributed by atoms with Gasteiger partial charge in [0.1, 0.15) is 9.77 Å². The van der Waals surface area contributed by atoms with E-state index < -0.39 is 16.0 Å². The Labute approximate surface area is 186 Å². The number of hydrogen-bond donors (Lipinski definition) is 1. The van der Waals surface area contributed by atoms with Gasteiger partial charge in [-0.05, 0) is 49.4 Å². The van der Waals surface area contributed by atoms with Gasteiger partial charge in [-0.25, -0.2) is 13.2 Å². The molecule has 10 heteroatoms. The minimum absolute atomic E-state index is 0.0226. The Morgan fingerprint density at radius 2 is 1.81 bits per heavy atom. The van der Waals surface area contributed by atoms with Gasteiger partial charge in [0.05, 0.1) is 13.7 Å². The molecule has 0 saturated carbocycles. The smallest absolute Gasteiger partial charge is 0.349 e. The number of methoxy groups -OCH3 is 1. The van der Waals surface area contributed by atoms with Crippen LogP contribution in [0.2, 0.25) is 0 Å². The van der Waals surface area contributed by atoms with Crippen molar-refractivity contribution in [2.45, 2.75) is 25.2 Å². The molecule has 1 aromatic carbocycles. The Morgan fingerprint density at radius 3 is 2.48 bits per heavy atom. The van der Waals surface area contributed by atoms with Crippen molar-refractivity contribution in [1.82, 2.24) is 9.21 Å². The molecule has 0 atom stereocenters. The standard InChI is InChI=1S/C21H27N3O5S2/c1-15-6-4-7-16(2)19(15)22-18(25)14-23-9-5-10-24(12-11-23)31(27,28)17-8-13-30-20(17)21(26)29-3/h4,6-8,13H,5,9-12,14H2,1-3H3,(H,22,25). The molecule has 0 aliphatic carbocycles. The van der Waals surface area contributed by atoms with Gasteiger partial charge < -0.3 is 10.1 Å². The first-order valence-corrected chi connectivity index (χ1v) is 12.3. The van der Waals surface area contributed by atoms with Gasteiger partial charge in [0.2, 0.25) is 15.9 Å². The molecule has 0 spiro atoms. The molecule has 2 heterocycles. The van der Waals surface area contributed by atoms with Gasteiger partial charge in [-0.1, -0.05) is 18.2 Å². The number of esters is 1. The number of aryl methyl sites for hydroxylation is 2. The molecule has 0 radical (unpaired) electrons. The van der Waals surface area contributed by atoms with Crippen molar-refractivity contribution in [3.63, 3.8) is 0 Å². The maximum absolute atomic E-state index is 13.1. The van der Waals surface area contributed by atoms with Crippen molar-refractivity contribution in [3.8, 4) is 0 Å². The molecule has 1 amide bonds. The Hall–Kier alpha value is -2.27. The van der Waals surface area contributed by atoms with Crippen LogP contribution < -0.4 is 5.32 Å². The van der Waals surface area contributed by atoms with Gasteiger partial charge in [0.25, 0.3) is 0 Å². The summed E-state index contributed by atoms with van der Waals surface area (Å²) >= 11 is 1.05. The first-order chi connectivity index (χ1) is 14.7. The molecule has 1 aliphatic rings. The number of rotatable bonds is 6. The topological polar surface area (TPSA) is 96.0 Å². The lowest BCUT2D eigenvalue weighted by Crippen LogP contribution is -2.38. The van der Waals surface area contributed by atoms with Gasteiger partial charge in [-0.15, -0.1) is 11.3 Å². The number of amides is 1. The Morgan fingerprint density at radius 1 is 1.10 bits per heavy atom. The van der Waals surface area contributed by atoms with E-state index in [1.165, 1.54) is 17.5 Å². The van der Waals surface area contributed by atoms with E-state index in [4.69, 9.17) is 4.74 Å². The second kappa shape index (κ2) is 9.90. The molecule has 1 saturated heterocycles. The van der Waals surface area contributed by atoms with Crippen LogP contribution in [0.5, 0.6) is 0 Å². The Bertz CT molecular complexity index is 1040. The zero-order valence-electron chi connectivity index (χ0n) is 17.9. The first-order valence-electron chi connectivity index (χ1n) is 9.98. The lowest BCUT2D eigenvalue weighted by atomic mass is 10.1. The monoisotopic (exact) mass is 465 g/mol. The van der Waals surface area contributed by atoms with Crippen molar-refractivity contribution < 1.29 is 22.7 Å². The van der Waals surface area contributed by atoms with Gasteiger partial charge >= 0.3 is 5.97 Å². The van der Waals surface area contributed by atoms with Crippen LogP contribution in [-0.4, -0.2) is 69.3 Å². The van der Waals surface area contributed by atoms with E-state index in [9.17, 15) is 18.0 Å². The molecule has 1 fully saturated rings. The summed E-state index contributed by atoms with van der Waals surface area (Å²) < 4.78 is 32.3. The highest BCUT2D eigenvalue weighted by molar-refractivity contribution is 7.89. The number of sulfonamides is 1. The molecule has 2 aromatic rings. The predicted molar refractivity (Wildman–Crippen MR) is 120 cm³/mol. The number of carbonyl (C=O) groups excluding carboxylic acids is 2. The lowest BCUT2D eigenvalue weighted by molar-refractivity contribution is -0.117. The van der Waals surface area contributed by atoms with Gasteiger partial charge in [0.15, 0.2) is 0 Å². The molecule has 168 valence electrons. The third kappa shape index (κ3) is 5.32. The van der Waals surface area contributed by atoms with Crippen LogP contribution in [0.3, 0.4) is 0 Å². The summed E-state index contributed by atoms with van der Waals surface area (Å²) in [6.45, 7) is 5.70. The van der Waals surface area contributed by atoms with E-state index in [1.54, 1.807) is 5.38 Å². The molecular weight excluding hydrogens is 438 g/mol. The zero-order chi connectivity index (χ0) is 22.6. The number of thiophene rings is 1. The van der Waals surface area contributed by atoms with Crippen molar-refractivity contribution in [2.75, 3.05) is 45.2 Å².